The summed E-state index contributed by atoms with van der Waals surface area (Å²) >= 11 is 5.84. The highest BCUT2D eigenvalue weighted by molar-refractivity contribution is 6.31. The molecule has 1 aromatic carbocycles. The lowest BCUT2D eigenvalue weighted by Gasteiger charge is -2.09. The lowest BCUT2D eigenvalue weighted by Crippen LogP contribution is -2.13. The second-order valence-electron chi connectivity index (χ2n) is 2.62. The highest BCUT2D eigenvalue weighted by Gasteiger charge is 2.12. The van der Waals surface area contributed by atoms with Crippen molar-refractivity contribution < 1.29 is 9.53 Å². The van der Waals surface area contributed by atoms with Crippen LogP contribution in [0.3, 0.4) is 0 Å². The molecule has 0 aliphatic carbocycles. The third-order valence-electron chi connectivity index (χ3n) is 1.81. The fourth-order valence-electron chi connectivity index (χ4n) is 1.12. The number of halogens is 1. The van der Waals surface area contributed by atoms with Gasteiger partial charge in [-0.15, -0.1) is 0 Å². The third kappa shape index (κ3) is 1.75. The highest BCUT2D eigenvalue weighted by atomic mass is 35.5. The van der Waals surface area contributed by atoms with E-state index in [2.05, 4.69) is 0 Å². The molecule has 0 heterocycles. The van der Waals surface area contributed by atoms with E-state index in [1.807, 2.05) is 0 Å². The van der Waals surface area contributed by atoms with E-state index in [-0.39, 0.29) is 0 Å². The molecule has 0 aliphatic rings. The zero-order valence-corrected chi connectivity index (χ0v) is 8.18. The van der Waals surface area contributed by atoms with Crippen LogP contribution < -0.4 is 10.5 Å². The van der Waals surface area contributed by atoms with Crippen LogP contribution in [0.15, 0.2) is 12.1 Å². The maximum absolute atomic E-state index is 10.9. The van der Waals surface area contributed by atoms with Crippen molar-refractivity contribution in [3.05, 3.63) is 28.3 Å². The van der Waals surface area contributed by atoms with Crippen LogP contribution in [0.25, 0.3) is 0 Å². The number of rotatable bonds is 2. The summed E-state index contributed by atoms with van der Waals surface area (Å²) in [5, 5.41) is 0.557. The summed E-state index contributed by atoms with van der Waals surface area (Å²) in [7, 11) is 1.48. The van der Waals surface area contributed by atoms with Crippen LogP contribution >= 0.6 is 11.6 Å². The fraction of sp³-hybridized carbons (Fsp3) is 0.222. The average Bonchev–Trinajstić information content (AvgIpc) is 2.09. The Kier molecular flexibility index (Phi) is 2.78. The molecular formula is C9H10ClNO2. The normalized spacial score (nSPS) is 9.77. The second-order valence-corrected chi connectivity index (χ2v) is 3.02. The molecule has 2 N–H and O–H groups in total. The Morgan fingerprint density at radius 2 is 2.15 bits per heavy atom. The summed E-state index contributed by atoms with van der Waals surface area (Å²) in [6.07, 6.45) is 0. The minimum atomic E-state index is -0.517. The molecule has 0 atom stereocenters. The summed E-state index contributed by atoms with van der Waals surface area (Å²) in [6.45, 7) is 1.77. The molecule has 0 saturated carbocycles. The first kappa shape index (κ1) is 9.86. The van der Waals surface area contributed by atoms with E-state index in [4.69, 9.17) is 22.1 Å². The van der Waals surface area contributed by atoms with Crippen LogP contribution in [0.1, 0.15) is 15.9 Å². The summed E-state index contributed by atoms with van der Waals surface area (Å²) in [6, 6.07) is 3.18. The Morgan fingerprint density at radius 3 is 2.62 bits per heavy atom. The first-order chi connectivity index (χ1) is 6.07. The predicted octanol–water partition coefficient (Wildman–Crippen LogP) is 1.76. The molecular weight excluding hydrogens is 190 g/mol. The van der Waals surface area contributed by atoms with E-state index < -0.39 is 5.91 Å². The largest absolute Gasteiger partial charge is 0.496 e. The van der Waals surface area contributed by atoms with Gasteiger partial charge in [-0.25, -0.2) is 0 Å². The van der Waals surface area contributed by atoms with E-state index >= 15 is 0 Å². The monoisotopic (exact) mass is 199 g/mol. The molecule has 0 spiro atoms. The molecule has 0 aliphatic heterocycles. The SMILES string of the molecule is COc1c(C(N)=O)ccc(Cl)c1C. The van der Waals surface area contributed by atoms with Gasteiger partial charge in [0.05, 0.1) is 12.7 Å². The molecule has 0 aromatic heterocycles. The minimum Gasteiger partial charge on any atom is -0.496 e. The van der Waals surface area contributed by atoms with Crippen molar-refractivity contribution in [3.8, 4) is 5.75 Å². The van der Waals surface area contributed by atoms with E-state index in [1.54, 1.807) is 19.1 Å². The number of hydrogen-bond donors (Lipinski definition) is 1. The smallest absolute Gasteiger partial charge is 0.252 e. The molecule has 1 amide bonds. The van der Waals surface area contributed by atoms with Crippen molar-refractivity contribution in [3.63, 3.8) is 0 Å². The van der Waals surface area contributed by atoms with Gasteiger partial charge in [0.25, 0.3) is 5.91 Å². The zero-order chi connectivity index (χ0) is 10.0. The molecule has 0 fully saturated rings. The van der Waals surface area contributed by atoms with E-state index in [1.165, 1.54) is 7.11 Å². The van der Waals surface area contributed by atoms with Crippen LogP contribution in [0.5, 0.6) is 5.75 Å². The predicted molar refractivity (Wildman–Crippen MR) is 51.3 cm³/mol. The molecule has 1 aromatic rings. The van der Waals surface area contributed by atoms with Gasteiger partial charge in [0.15, 0.2) is 0 Å². The first-order valence-electron chi connectivity index (χ1n) is 3.70. The lowest BCUT2D eigenvalue weighted by molar-refractivity contribution is 0.0997. The third-order valence-corrected chi connectivity index (χ3v) is 2.22. The Hall–Kier alpha value is -1.22. The number of methoxy groups -OCH3 is 1. The van der Waals surface area contributed by atoms with Crippen molar-refractivity contribution in [1.82, 2.24) is 0 Å². The molecule has 0 bridgehead atoms. The number of ether oxygens (including phenoxy) is 1. The van der Waals surface area contributed by atoms with Gasteiger partial charge < -0.3 is 10.5 Å². The van der Waals surface area contributed by atoms with Crippen LogP contribution in [0, 0.1) is 6.92 Å². The Morgan fingerprint density at radius 1 is 1.54 bits per heavy atom. The number of benzene rings is 1. The topological polar surface area (TPSA) is 52.3 Å². The second kappa shape index (κ2) is 3.66. The highest BCUT2D eigenvalue weighted by Crippen LogP contribution is 2.28. The number of carbonyl (C=O) groups is 1. The van der Waals surface area contributed by atoms with Gasteiger partial charge in [-0.3, -0.25) is 4.79 Å². The van der Waals surface area contributed by atoms with Crippen molar-refractivity contribution in [2.24, 2.45) is 5.73 Å². The quantitative estimate of drug-likeness (QED) is 0.789. The molecule has 4 heteroatoms. The molecule has 0 radical (unpaired) electrons. The van der Waals surface area contributed by atoms with E-state index in [0.29, 0.717) is 16.3 Å². The standard InChI is InChI=1S/C9H10ClNO2/c1-5-7(10)4-3-6(9(11)12)8(5)13-2/h3-4H,1-2H3,(H2,11,12). The summed E-state index contributed by atoms with van der Waals surface area (Å²) in [5.41, 5.74) is 6.22. The first-order valence-corrected chi connectivity index (χ1v) is 4.08. The van der Waals surface area contributed by atoms with Gasteiger partial charge >= 0.3 is 0 Å². The number of hydrogen-bond acceptors (Lipinski definition) is 2. The van der Waals surface area contributed by atoms with E-state index in [9.17, 15) is 4.79 Å². The number of amides is 1. The fourth-order valence-corrected chi connectivity index (χ4v) is 1.27. The number of primary amides is 1. The summed E-state index contributed by atoms with van der Waals surface area (Å²) in [4.78, 5) is 10.9. The maximum Gasteiger partial charge on any atom is 0.252 e. The summed E-state index contributed by atoms with van der Waals surface area (Å²) in [5.74, 6) is -0.0726. The number of carbonyl (C=O) groups excluding carboxylic acids is 1. The minimum absolute atomic E-state index is 0.351. The zero-order valence-electron chi connectivity index (χ0n) is 7.43. The maximum atomic E-state index is 10.9. The van der Waals surface area contributed by atoms with Crippen LogP contribution in [0.2, 0.25) is 5.02 Å². The molecule has 70 valence electrons. The van der Waals surface area contributed by atoms with Gasteiger partial charge in [0.2, 0.25) is 0 Å². The van der Waals surface area contributed by atoms with Gasteiger partial charge in [0, 0.05) is 10.6 Å². The van der Waals surface area contributed by atoms with Crippen LogP contribution in [-0.2, 0) is 0 Å². The molecule has 13 heavy (non-hydrogen) atoms. The molecule has 0 saturated heterocycles. The van der Waals surface area contributed by atoms with Crippen molar-refractivity contribution in [2.45, 2.75) is 6.92 Å². The van der Waals surface area contributed by atoms with Crippen molar-refractivity contribution in [2.75, 3.05) is 7.11 Å². The van der Waals surface area contributed by atoms with Gasteiger partial charge in [-0.2, -0.15) is 0 Å². The molecule has 3 nitrogen and oxygen atoms in total. The lowest BCUT2D eigenvalue weighted by atomic mass is 10.1. The Labute approximate surface area is 81.4 Å². The van der Waals surface area contributed by atoms with Gasteiger partial charge in [0.1, 0.15) is 5.75 Å². The van der Waals surface area contributed by atoms with Crippen LogP contribution in [0.4, 0.5) is 0 Å². The average molecular weight is 200 g/mol. The van der Waals surface area contributed by atoms with Crippen molar-refractivity contribution >= 4 is 17.5 Å². The van der Waals surface area contributed by atoms with Gasteiger partial charge in [-0.1, -0.05) is 11.6 Å². The summed E-state index contributed by atoms with van der Waals surface area (Å²) < 4.78 is 5.03. The van der Waals surface area contributed by atoms with Crippen molar-refractivity contribution in [1.29, 1.82) is 0 Å². The van der Waals surface area contributed by atoms with Gasteiger partial charge in [-0.05, 0) is 19.1 Å². The number of nitrogens with two attached hydrogens (primary N) is 1. The Bertz CT molecular complexity index is 350. The molecule has 1 rings (SSSR count). The van der Waals surface area contributed by atoms with E-state index in [0.717, 1.165) is 5.56 Å². The van der Waals surface area contributed by atoms with Crippen LogP contribution in [-0.4, -0.2) is 13.0 Å². The molecule has 0 unspecified atom stereocenters. The Balaban J connectivity index is 3.38.